The Bertz CT molecular complexity index is 897. The molecule has 0 unspecified atom stereocenters. The third-order valence-electron chi connectivity index (χ3n) is 5.11. The number of hydrogen-bond donors (Lipinski definition) is 1. The summed E-state index contributed by atoms with van der Waals surface area (Å²) in [5, 5.41) is 0. The van der Waals surface area contributed by atoms with Crippen molar-refractivity contribution >= 4 is 27.7 Å². The standard InChI is InChI=1S/C17H25N5O6S/c1-18-29(26,27)13-11-14(19(2)12-13)15(23)20-3-5-21(6-4-20)16(24)17(25)22-7-9-28-10-8-22/h11-12,18H,3-10H2,1-2H3. The van der Waals surface area contributed by atoms with Gasteiger partial charge in [-0.3, -0.25) is 14.4 Å². The van der Waals surface area contributed by atoms with Crippen LogP contribution >= 0.6 is 0 Å². The highest BCUT2D eigenvalue weighted by molar-refractivity contribution is 7.89. The Morgan fingerprint density at radius 3 is 2.00 bits per heavy atom. The Morgan fingerprint density at radius 2 is 1.45 bits per heavy atom. The van der Waals surface area contributed by atoms with Gasteiger partial charge in [-0.15, -0.1) is 0 Å². The van der Waals surface area contributed by atoms with Gasteiger partial charge in [-0.25, -0.2) is 13.1 Å². The van der Waals surface area contributed by atoms with E-state index in [-0.39, 0.29) is 42.7 Å². The van der Waals surface area contributed by atoms with Gasteiger partial charge in [0.05, 0.1) is 13.2 Å². The van der Waals surface area contributed by atoms with Gasteiger partial charge >= 0.3 is 11.8 Å². The number of amides is 3. The third kappa shape index (κ3) is 4.43. The molecule has 1 aromatic rings. The lowest BCUT2D eigenvalue weighted by atomic mass is 10.2. The largest absolute Gasteiger partial charge is 0.378 e. The quantitative estimate of drug-likeness (QED) is 0.561. The second kappa shape index (κ2) is 8.51. The first-order valence-corrected chi connectivity index (χ1v) is 10.8. The van der Waals surface area contributed by atoms with E-state index in [1.807, 2.05) is 0 Å². The zero-order chi connectivity index (χ0) is 21.2. The average Bonchev–Trinajstić information content (AvgIpc) is 3.15. The minimum absolute atomic E-state index is 0.00997. The molecule has 1 N–H and O–H groups in total. The second-order valence-electron chi connectivity index (χ2n) is 6.87. The molecule has 2 fully saturated rings. The molecular formula is C17H25N5O6S. The van der Waals surface area contributed by atoms with Gasteiger partial charge in [0.15, 0.2) is 0 Å². The maximum atomic E-state index is 12.8. The molecule has 0 spiro atoms. The van der Waals surface area contributed by atoms with Gasteiger partial charge < -0.3 is 24.0 Å². The predicted molar refractivity (Wildman–Crippen MR) is 102 cm³/mol. The van der Waals surface area contributed by atoms with Crippen LogP contribution in [0.3, 0.4) is 0 Å². The summed E-state index contributed by atoms with van der Waals surface area (Å²) in [6, 6.07) is 1.33. The van der Waals surface area contributed by atoms with Crippen LogP contribution in [0.25, 0.3) is 0 Å². The Balaban J connectivity index is 1.61. The van der Waals surface area contributed by atoms with Crippen molar-refractivity contribution < 1.29 is 27.5 Å². The number of ether oxygens (including phenoxy) is 1. The number of hydrogen-bond acceptors (Lipinski definition) is 6. The van der Waals surface area contributed by atoms with Crippen molar-refractivity contribution in [3.8, 4) is 0 Å². The Labute approximate surface area is 169 Å². The molecule has 11 nitrogen and oxygen atoms in total. The lowest BCUT2D eigenvalue weighted by Gasteiger charge is -2.35. The minimum Gasteiger partial charge on any atom is -0.378 e. The first-order valence-electron chi connectivity index (χ1n) is 9.29. The van der Waals surface area contributed by atoms with Crippen LogP contribution in [0.4, 0.5) is 0 Å². The van der Waals surface area contributed by atoms with E-state index in [1.54, 1.807) is 11.9 Å². The zero-order valence-electron chi connectivity index (χ0n) is 16.5. The molecule has 0 atom stereocenters. The highest BCUT2D eigenvalue weighted by Gasteiger charge is 2.32. The monoisotopic (exact) mass is 427 g/mol. The van der Waals surface area contributed by atoms with E-state index < -0.39 is 21.8 Å². The first kappa shape index (κ1) is 21.3. The molecule has 0 saturated carbocycles. The molecule has 2 saturated heterocycles. The van der Waals surface area contributed by atoms with Crippen LogP contribution in [0.1, 0.15) is 10.5 Å². The molecule has 12 heteroatoms. The maximum Gasteiger partial charge on any atom is 0.312 e. The van der Waals surface area contributed by atoms with Crippen molar-refractivity contribution in [3.05, 3.63) is 18.0 Å². The van der Waals surface area contributed by atoms with Gasteiger partial charge in [-0.05, 0) is 13.1 Å². The van der Waals surface area contributed by atoms with Crippen molar-refractivity contribution in [2.45, 2.75) is 4.90 Å². The molecule has 160 valence electrons. The van der Waals surface area contributed by atoms with Crippen LogP contribution in [-0.4, -0.2) is 105 Å². The lowest BCUT2D eigenvalue weighted by Crippen LogP contribution is -2.55. The number of nitrogens with zero attached hydrogens (tertiary/aromatic N) is 4. The summed E-state index contributed by atoms with van der Waals surface area (Å²) in [4.78, 5) is 42.1. The van der Waals surface area contributed by atoms with Crippen molar-refractivity contribution in [2.75, 3.05) is 59.5 Å². The van der Waals surface area contributed by atoms with Crippen LogP contribution in [-0.2, 0) is 31.4 Å². The normalized spacial score (nSPS) is 18.1. The van der Waals surface area contributed by atoms with Crippen LogP contribution in [0.15, 0.2) is 17.2 Å². The van der Waals surface area contributed by atoms with Gasteiger partial charge in [0.25, 0.3) is 5.91 Å². The van der Waals surface area contributed by atoms with Gasteiger partial charge in [0, 0.05) is 52.5 Å². The summed E-state index contributed by atoms with van der Waals surface area (Å²) in [5.74, 6) is -1.44. The Hall–Kier alpha value is -2.44. The van der Waals surface area contributed by atoms with E-state index in [0.29, 0.717) is 26.3 Å². The fraction of sp³-hybridized carbons (Fsp3) is 0.588. The van der Waals surface area contributed by atoms with Crippen molar-refractivity contribution in [1.29, 1.82) is 0 Å². The molecule has 0 radical (unpaired) electrons. The number of aryl methyl sites for hydroxylation is 1. The summed E-state index contributed by atoms with van der Waals surface area (Å²) >= 11 is 0. The van der Waals surface area contributed by atoms with Crippen molar-refractivity contribution in [2.24, 2.45) is 7.05 Å². The molecule has 0 aromatic carbocycles. The van der Waals surface area contributed by atoms with E-state index in [9.17, 15) is 22.8 Å². The summed E-state index contributed by atoms with van der Waals surface area (Å²) in [6.07, 6.45) is 1.37. The van der Waals surface area contributed by atoms with Crippen molar-refractivity contribution in [3.63, 3.8) is 0 Å². The molecule has 3 amide bonds. The molecule has 2 aliphatic rings. The van der Waals surface area contributed by atoms with Gasteiger partial charge in [-0.1, -0.05) is 0 Å². The minimum atomic E-state index is -3.65. The van der Waals surface area contributed by atoms with E-state index in [1.165, 1.54) is 33.7 Å². The molecule has 1 aromatic heterocycles. The molecule has 29 heavy (non-hydrogen) atoms. The summed E-state index contributed by atoms with van der Waals surface area (Å²) in [6.45, 7) is 2.65. The van der Waals surface area contributed by atoms with Crippen molar-refractivity contribution in [1.82, 2.24) is 24.0 Å². The van der Waals surface area contributed by atoms with Gasteiger partial charge in [0.1, 0.15) is 10.6 Å². The van der Waals surface area contributed by atoms with Gasteiger partial charge in [-0.2, -0.15) is 0 Å². The zero-order valence-corrected chi connectivity index (χ0v) is 17.3. The molecule has 3 heterocycles. The molecule has 2 aliphatic heterocycles. The molecular weight excluding hydrogens is 402 g/mol. The average molecular weight is 427 g/mol. The molecule has 0 bridgehead atoms. The summed E-state index contributed by atoms with van der Waals surface area (Å²) in [5.41, 5.74) is 0.239. The SMILES string of the molecule is CNS(=O)(=O)c1cc(C(=O)N2CCN(C(=O)C(=O)N3CCOCC3)CC2)n(C)c1. The van der Waals surface area contributed by atoms with E-state index in [2.05, 4.69) is 4.72 Å². The molecule has 0 aliphatic carbocycles. The number of sulfonamides is 1. The fourth-order valence-corrected chi connectivity index (χ4v) is 4.12. The maximum absolute atomic E-state index is 12.8. The highest BCUT2D eigenvalue weighted by Crippen LogP contribution is 2.16. The van der Waals surface area contributed by atoms with E-state index in [0.717, 1.165) is 0 Å². The summed E-state index contributed by atoms with van der Waals surface area (Å²) in [7, 11) is -0.746. The van der Waals surface area contributed by atoms with Crippen LogP contribution in [0, 0.1) is 0 Å². The topological polar surface area (TPSA) is 121 Å². The Morgan fingerprint density at radius 1 is 0.931 bits per heavy atom. The number of piperazine rings is 1. The second-order valence-corrected chi connectivity index (χ2v) is 8.76. The predicted octanol–water partition coefficient (Wildman–Crippen LogP) is -1.92. The van der Waals surface area contributed by atoms with Crippen LogP contribution in [0.2, 0.25) is 0 Å². The number of nitrogens with one attached hydrogen (secondary N) is 1. The summed E-state index contributed by atoms with van der Waals surface area (Å²) < 4.78 is 32.8. The number of rotatable bonds is 3. The third-order valence-corrected chi connectivity index (χ3v) is 6.49. The molecule has 3 rings (SSSR count). The fourth-order valence-electron chi connectivity index (χ4n) is 3.32. The van der Waals surface area contributed by atoms with Crippen LogP contribution in [0.5, 0.6) is 0 Å². The Kier molecular flexibility index (Phi) is 6.24. The van der Waals surface area contributed by atoms with Crippen LogP contribution < -0.4 is 4.72 Å². The first-order chi connectivity index (χ1) is 13.7. The number of carbonyl (C=O) groups excluding carboxylic acids is 3. The van der Waals surface area contributed by atoms with E-state index in [4.69, 9.17) is 4.74 Å². The number of aromatic nitrogens is 1. The number of carbonyl (C=O) groups is 3. The lowest BCUT2D eigenvalue weighted by molar-refractivity contribution is -0.154. The van der Waals surface area contributed by atoms with E-state index >= 15 is 0 Å². The highest BCUT2D eigenvalue weighted by atomic mass is 32.2. The van der Waals surface area contributed by atoms with Gasteiger partial charge in [0.2, 0.25) is 10.0 Å². The number of morpholine rings is 1. The smallest absolute Gasteiger partial charge is 0.312 e.